The van der Waals surface area contributed by atoms with Gasteiger partial charge >= 0.3 is 0 Å². The highest BCUT2D eigenvalue weighted by Crippen LogP contribution is 2.26. The van der Waals surface area contributed by atoms with Crippen LogP contribution in [-0.2, 0) is 11.3 Å². The van der Waals surface area contributed by atoms with Gasteiger partial charge in [-0.05, 0) is 49.3 Å². The number of hydrogen-bond acceptors (Lipinski definition) is 3. The number of rotatable bonds is 6. The number of carbonyl (C=O) groups is 1. The summed E-state index contributed by atoms with van der Waals surface area (Å²) in [6.07, 6.45) is 9.30. The van der Waals surface area contributed by atoms with E-state index in [0.717, 1.165) is 38.4 Å². The summed E-state index contributed by atoms with van der Waals surface area (Å²) in [5.41, 5.74) is 7.94. The van der Waals surface area contributed by atoms with Gasteiger partial charge in [0.25, 0.3) is 0 Å². The molecule has 30 heavy (non-hydrogen) atoms. The van der Waals surface area contributed by atoms with Crippen molar-refractivity contribution in [3.05, 3.63) is 29.8 Å². The van der Waals surface area contributed by atoms with Gasteiger partial charge in [0, 0.05) is 51.9 Å². The van der Waals surface area contributed by atoms with Crippen molar-refractivity contribution in [1.29, 1.82) is 0 Å². The Bertz CT molecular complexity index is 687. The van der Waals surface area contributed by atoms with Crippen LogP contribution in [0.1, 0.15) is 56.9 Å². The molecule has 6 nitrogen and oxygen atoms in total. The van der Waals surface area contributed by atoms with Crippen LogP contribution in [0.2, 0.25) is 0 Å². The van der Waals surface area contributed by atoms with Crippen molar-refractivity contribution >= 4 is 41.5 Å². The summed E-state index contributed by atoms with van der Waals surface area (Å²) in [4.78, 5) is 20.4. The second-order valence-electron chi connectivity index (χ2n) is 8.59. The number of nitrogens with zero attached hydrogens (tertiary/aromatic N) is 3. The number of primary amides is 1. The van der Waals surface area contributed by atoms with Crippen molar-refractivity contribution in [2.45, 2.75) is 64.0 Å². The first-order chi connectivity index (χ1) is 14.1. The summed E-state index contributed by atoms with van der Waals surface area (Å²) in [5, 5.41) is 3.49. The lowest BCUT2D eigenvalue weighted by Gasteiger charge is -2.34. The molecule has 0 aromatic heterocycles. The van der Waals surface area contributed by atoms with E-state index in [9.17, 15) is 4.79 Å². The SMILES string of the molecule is CN=C(NCc1ccc(N(C)C2CCCCC2)cc1)N1CCCC(CC(N)=O)C1.I. The van der Waals surface area contributed by atoms with Crippen LogP contribution in [0.15, 0.2) is 29.3 Å². The summed E-state index contributed by atoms with van der Waals surface area (Å²) in [6.45, 7) is 2.56. The number of aliphatic imine (C=N–C) groups is 1. The van der Waals surface area contributed by atoms with Gasteiger partial charge < -0.3 is 20.9 Å². The number of guanidine groups is 1. The van der Waals surface area contributed by atoms with E-state index in [1.54, 1.807) is 0 Å². The summed E-state index contributed by atoms with van der Waals surface area (Å²) >= 11 is 0. The Kier molecular flexibility index (Phi) is 10.2. The molecular formula is C23H38IN5O. The molecule has 1 atom stereocenters. The third-order valence-electron chi connectivity index (χ3n) is 6.44. The fourth-order valence-corrected chi connectivity index (χ4v) is 4.75. The third kappa shape index (κ3) is 7.03. The van der Waals surface area contributed by atoms with Gasteiger partial charge in [0.2, 0.25) is 5.91 Å². The van der Waals surface area contributed by atoms with E-state index in [0.29, 0.717) is 18.4 Å². The van der Waals surface area contributed by atoms with E-state index >= 15 is 0 Å². The maximum Gasteiger partial charge on any atom is 0.217 e. The Hall–Kier alpha value is -1.51. The highest BCUT2D eigenvalue weighted by atomic mass is 127. The predicted molar refractivity (Wildman–Crippen MR) is 135 cm³/mol. The van der Waals surface area contributed by atoms with E-state index in [-0.39, 0.29) is 29.9 Å². The molecular weight excluding hydrogens is 489 g/mol. The monoisotopic (exact) mass is 527 g/mol. The van der Waals surface area contributed by atoms with Crippen LogP contribution in [0.5, 0.6) is 0 Å². The maximum atomic E-state index is 11.3. The lowest BCUT2D eigenvalue weighted by Crippen LogP contribution is -2.46. The minimum Gasteiger partial charge on any atom is -0.372 e. The number of piperidine rings is 1. The summed E-state index contributed by atoms with van der Waals surface area (Å²) in [5.74, 6) is 1.02. The number of nitrogens with one attached hydrogen (secondary N) is 1. The van der Waals surface area contributed by atoms with E-state index in [2.05, 4.69) is 51.4 Å². The van der Waals surface area contributed by atoms with Gasteiger partial charge in [-0.3, -0.25) is 9.79 Å². The molecule has 1 amide bonds. The van der Waals surface area contributed by atoms with Crippen molar-refractivity contribution < 1.29 is 4.79 Å². The molecule has 0 radical (unpaired) electrons. The molecule has 1 saturated carbocycles. The molecule has 1 heterocycles. The molecule has 2 aliphatic rings. The number of nitrogens with two attached hydrogens (primary N) is 1. The summed E-state index contributed by atoms with van der Waals surface area (Å²) in [7, 11) is 4.05. The minimum absolute atomic E-state index is 0. The molecule has 3 rings (SSSR count). The quantitative estimate of drug-likeness (QED) is 0.336. The van der Waals surface area contributed by atoms with Gasteiger partial charge in [0.05, 0.1) is 0 Å². The molecule has 0 bridgehead atoms. The van der Waals surface area contributed by atoms with Gasteiger partial charge in [-0.2, -0.15) is 0 Å². The van der Waals surface area contributed by atoms with Crippen LogP contribution < -0.4 is 16.0 Å². The Morgan fingerprint density at radius 3 is 2.50 bits per heavy atom. The Morgan fingerprint density at radius 2 is 1.87 bits per heavy atom. The standard InChI is InChI=1S/C23H37N5O.HI/c1-25-23(28-14-6-7-19(17-28)15-22(24)29)26-16-18-10-12-21(13-11-18)27(2)20-8-4-3-5-9-20;/h10-13,19-20H,3-9,14-17H2,1-2H3,(H2,24,29)(H,25,26);1H. The number of anilines is 1. The van der Waals surface area contributed by atoms with E-state index in [4.69, 9.17) is 5.73 Å². The van der Waals surface area contributed by atoms with Crippen LogP contribution in [0.4, 0.5) is 5.69 Å². The molecule has 2 fully saturated rings. The molecule has 168 valence electrons. The van der Waals surface area contributed by atoms with Gasteiger partial charge in [-0.1, -0.05) is 31.4 Å². The van der Waals surface area contributed by atoms with Gasteiger partial charge in [0.1, 0.15) is 0 Å². The van der Waals surface area contributed by atoms with Crippen LogP contribution >= 0.6 is 24.0 Å². The van der Waals surface area contributed by atoms with E-state index < -0.39 is 0 Å². The fourth-order valence-electron chi connectivity index (χ4n) is 4.75. The number of hydrogen-bond donors (Lipinski definition) is 2. The first-order valence-corrected chi connectivity index (χ1v) is 11.1. The summed E-state index contributed by atoms with van der Waals surface area (Å²) in [6, 6.07) is 9.57. The molecule has 1 aliphatic carbocycles. The topological polar surface area (TPSA) is 74.0 Å². The van der Waals surface area contributed by atoms with Gasteiger partial charge in [-0.15, -0.1) is 24.0 Å². The number of halogens is 1. The second kappa shape index (κ2) is 12.4. The van der Waals surface area contributed by atoms with Crippen LogP contribution in [0.3, 0.4) is 0 Å². The molecule has 1 aromatic rings. The smallest absolute Gasteiger partial charge is 0.217 e. The maximum absolute atomic E-state index is 11.3. The first kappa shape index (κ1) is 24.8. The van der Waals surface area contributed by atoms with Crippen molar-refractivity contribution in [2.24, 2.45) is 16.6 Å². The lowest BCUT2D eigenvalue weighted by atomic mass is 9.94. The molecule has 1 saturated heterocycles. The number of carbonyl (C=O) groups excluding carboxylic acids is 1. The molecule has 1 aliphatic heterocycles. The normalized spacial score (nSPS) is 20.4. The Morgan fingerprint density at radius 1 is 1.17 bits per heavy atom. The first-order valence-electron chi connectivity index (χ1n) is 11.1. The van der Waals surface area contributed by atoms with Crippen molar-refractivity contribution in [3.8, 4) is 0 Å². The molecule has 7 heteroatoms. The molecule has 3 N–H and O–H groups in total. The molecule has 0 spiro atoms. The average molecular weight is 527 g/mol. The zero-order chi connectivity index (χ0) is 20.6. The number of benzene rings is 1. The Labute approximate surface area is 198 Å². The second-order valence-corrected chi connectivity index (χ2v) is 8.59. The van der Waals surface area contributed by atoms with Crippen LogP contribution in [0.25, 0.3) is 0 Å². The van der Waals surface area contributed by atoms with Gasteiger partial charge in [-0.25, -0.2) is 0 Å². The Balaban J connectivity index is 0.00000320. The van der Waals surface area contributed by atoms with Crippen LogP contribution in [0, 0.1) is 5.92 Å². The molecule has 1 unspecified atom stereocenters. The van der Waals surface area contributed by atoms with Gasteiger partial charge in [0.15, 0.2) is 5.96 Å². The van der Waals surface area contributed by atoms with Crippen LogP contribution in [-0.4, -0.2) is 50.0 Å². The zero-order valence-electron chi connectivity index (χ0n) is 18.5. The van der Waals surface area contributed by atoms with E-state index in [1.165, 1.54) is 43.4 Å². The largest absolute Gasteiger partial charge is 0.372 e. The zero-order valence-corrected chi connectivity index (χ0v) is 20.8. The minimum atomic E-state index is -0.210. The lowest BCUT2D eigenvalue weighted by molar-refractivity contribution is -0.119. The summed E-state index contributed by atoms with van der Waals surface area (Å²) < 4.78 is 0. The third-order valence-corrected chi connectivity index (χ3v) is 6.44. The number of likely N-dealkylation sites (tertiary alicyclic amines) is 1. The highest BCUT2D eigenvalue weighted by molar-refractivity contribution is 14.0. The van der Waals surface area contributed by atoms with Crippen molar-refractivity contribution in [3.63, 3.8) is 0 Å². The average Bonchev–Trinajstić information content (AvgIpc) is 2.74. The van der Waals surface area contributed by atoms with Crippen molar-refractivity contribution in [2.75, 3.05) is 32.1 Å². The highest BCUT2D eigenvalue weighted by Gasteiger charge is 2.23. The van der Waals surface area contributed by atoms with E-state index in [1.807, 2.05) is 7.05 Å². The predicted octanol–water partition coefficient (Wildman–Crippen LogP) is 3.74. The number of amides is 1. The molecule has 1 aromatic carbocycles. The van der Waals surface area contributed by atoms with Crippen molar-refractivity contribution in [1.82, 2.24) is 10.2 Å². The fraction of sp³-hybridized carbons (Fsp3) is 0.652.